The number of hydrogen-bond acceptors (Lipinski definition) is 4. The van der Waals surface area contributed by atoms with Crippen molar-refractivity contribution in [3.05, 3.63) is 21.4 Å². The highest BCUT2D eigenvalue weighted by Gasteiger charge is 2.23. The maximum atomic E-state index is 12.7. The molecule has 0 radical (unpaired) electrons. The van der Waals surface area contributed by atoms with E-state index in [0.717, 1.165) is 23.6 Å². The Hall–Kier alpha value is -0.910. The number of carbonyl (C=O) groups excluding carboxylic acids is 1. The van der Waals surface area contributed by atoms with E-state index in [-0.39, 0.29) is 5.91 Å². The molecule has 1 aliphatic carbocycles. The average Bonchev–Trinajstić information content (AvgIpc) is 2.89. The quantitative estimate of drug-likeness (QED) is 0.777. The van der Waals surface area contributed by atoms with Gasteiger partial charge in [0.15, 0.2) is 0 Å². The third-order valence-electron chi connectivity index (χ3n) is 3.96. The van der Waals surface area contributed by atoms with E-state index in [2.05, 4.69) is 13.0 Å². The van der Waals surface area contributed by atoms with Gasteiger partial charge in [-0.3, -0.25) is 4.79 Å². The van der Waals surface area contributed by atoms with Crippen molar-refractivity contribution in [2.75, 3.05) is 40.5 Å². The lowest BCUT2D eigenvalue weighted by Crippen LogP contribution is -2.36. The first-order valence-electron chi connectivity index (χ1n) is 7.54. The Morgan fingerprint density at radius 2 is 2.00 bits per heavy atom. The molecule has 0 unspecified atom stereocenters. The molecule has 0 saturated heterocycles. The number of amides is 1. The molecule has 0 spiro atoms. The van der Waals surface area contributed by atoms with E-state index in [0.29, 0.717) is 26.3 Å². The first kappa shape index (κ1) is 16.5. The van der Waals surface area contributed by atoms with E-state index >= 15 is 0 Å². The number of aryl methyl sites for hydroxylation is 1. The highest BCUT2D eigenvalue weighted by atomic mass is 32.1. The van der Waals surface area contributed by atoms with Crippen molar-refractivity contribution >= 4 is 17.2 Å². The number of carbonyl (C=O) groups is 1. The molecule has 1 amide bonds. The summed E-state index contributed by atoms with van der Waals surface area (Å²) >= 11 is 1.67. The topological polar surface area (TPSA) is 38.8 Å². The molecule has 2 rings (SSSR count). The Morgan fingerprint density at radius 1 is 1.33 bits per heavy atom. The van der Waals surface area contributed by atoms with Crippen molar-refractivity contribution in [2.45, 2.75) is 26.2 Å². The minimum Gasteiger partial charge on any atom is -0.383 e. The molecule has 0 aliphatic heterocycles. The molecule has 21 heavy (non-hydrogen) atoms. The second kappa shape index (κ2) is 7.92. The van der Waals surface area contributed by atoms with Gasteiger partial charge in [-0.25, -0.2) is 0 Å². The van der Waals surface area contributed by atoms with Crippen LogP contribution < -0.4 is 0 Å². The standard InChI is InChI=1S/C16H25NO3S/c1-12-4-5-14-13(10-12)11-15(21-14)16(18)17(6-8-19-2)7-9-20-3/h11-12H,4-10H2,1-3H3/t12-/m1/s1. The Labute approximate surface area is 131 Å². The Bertz CT molecular complexity index is 464. The Balaban J connectivity index is 2.08. The lowest BCUT2D eigenvalue weighted by atomic mass is 9.90. The van der Waals surface area contributed by atoms with Gasteiger partial charge < -0.3 is 14.4 Å². The molecular weight excluding hydrogens is 286 g/mol. The molecule has 1 aliphatic rings. The molecule has 1 aromatic rings. The molecule has 0 N–H and O–H groups in total. The van der Waals surface area contributed by atoms with Crippen LogP contribution in [0.4, 0.5) is 0 Å². The maximum absolute atomic E-state index is 12.7. The normalized spacial score (nSPS) is 17.6. The summed E-state index contributed by atoms with van der Waals surface area (Å²) in [6.07, 6.45) is 3.46. The van der Waals surface area contributed by atoms with Crippen LogP contribution in [0.2, 0.25) is 0 Å². The molecule has 5 heteroatoms. The van der Waals surface area contributed by atoms with Crippen LogP contribution in [-0.2, 0) is 22.3 Å². The van der Waals surface area contributed by atoms with Crippen molar-refractivity contribution in [3.63, 3.8) is 0 Å². The maximum Gasteiger partial charge on any atom is 0.264 e. The van der Waals surface area contributed by atoms with Crippen LogP contribution in [-0.4, -0.2) is 51.3 Å². The zero-order chi connectivity index (χ0) is 15.2. The first-order valence-corrected chi connectivity index (χ1v) is 8.36. The van der Waals surface area contributed by atoms with Gasteiger partial charge >= 0.3 is 0 Å². The van der Waals surface area contributed by atoms with Gasteiger partial charge in [0.1, 0.15) is 0 Å². The molecule has 118 valence electrons. The van der Waals surface area contributed by atoms with Crippen molar-refractivity contribution in [3.8, 4) is 0 Å². The molecular formula is C16H25NO3S. The van der Waals surface area contributed by atoms with Gasteiger partial charge in [0.2, 0.25) is 0 Å². The number of methoxy groups -OCH3 is 2. The zero-order valence-electron chi connectivity index (χ0n) is 13.2. The SMILES string of the molecule is COCCN(CCOC)C(=O)c1cc2c(s1)CC[C@@H](C)C2. The van der Waals surface area contributed by atoms with E-state index in [1.165, 1.54) is 16.9 Å². The summed E-state index contributed by atoms with van der Waals surface area (Å²) in [6, 6.07) is 2.10. The summed E-state index contributed by atoms with van der Waals surface area (Å²) < 4.78 is 10.2. The minimum absolute atomic E-state index is 0.108. The molecule has 0 aromatic carbocycles. The predicted molar refractivity (Wildman–Crippen MR) is 85.2 cm³/mol. The first-order chi connectivity index (χ1) is 10.2. The smallest absolute Gasteiger partial charge is 0.264 e. The van der Waals surface area contributed by atoms with Gasteiger partial charge in [-0.15, -0.1) is 11.3 Å². The van der Waals surface area contributed by atoms with Gasteiger partial charge in [-0.05, 0) is 36.8 Å². The van der Waals surface area contributed by atoms with Crippen LogP contribution in [0.15, 0.2) is 6.07 Å². The summed E-state index contributed by atoms with van der Waals surface area (Å²) in [5.41, 5.74) is 1.38. The van der Waals surface area contributed by atoms with Crippen LogP contribution in [0.3, 0.4) is 0 Å². The second-order valence-corrected chi connectivity index (χ2v) is 6.82. The largest absolute Gasteiger partial charge is 0.383 e. The number of ether oxygens (including phenoxy) is 2. The lowest BCUT2D eigenvalue weighted by Gasteiger charge is -2.21. The van der Waals surface area contributed by atoms with E-state index in [1.807, 2.05) is 4.90 Å². The second-order valence-electron chi connectivity index (χ2n) is 5.68. The number of fused-ring (bicyclic) bond motifs is 1. The van der Waals surface area contributed by atoms with Crippen molar-refractivity contribution in [1.82, 2.24) is 4.90 Å². The van der Waals surface area contributed by atoms with Crippen LogP contribution in [0.5, 0.6) is 0 Å². The molecule has 0 bridgehead atoms. The van der Waals surface area contributed by atoms with Crippen molar-refractivity contribution in [1.29, 1.82) is 0 Å². The minimum atomic E-state index is 0.108. The average molecular weight is 311 g/mol. The van der Waals surface area contributed by atoms with E-state index in [9.17, 15) is 4.79 Å². The number of nitrogens with zero attached hydrogens (tertiary/aromatic N) is 1. The number of rotatable bonds is 7. The fourth-order valence-corrected chi connectivity index (χ4v) is 3.86. The van der Waals surface area contributed by atoms with Crippen molar-refractivity contribution in [2.24, 2.45) is 5.92 Å². The van der Waals surface area contributed by atoms with Crippen LogP contribution in [0.1, 0.15) is 33.5 Å². The lowest BCUT2D eigenvalue weighted by molar-refractivity contribution is 0.0632. The van der Waals surface area contributed by atoms with Crippen molar-refractivity contribution < 1.29 is 14.3 Å². The highest BCUT2D eigenvalue weighted by Crippen LogP contribution is 2.32. The third kappa shape index (κ3) is 4.28. The molecule has 1 atom stereocenters. The van der Waals surface area contributed by atoms with Gasteiger partial charge in [0.25, 0.3) is 5.91 Å². The van der Waals surface area contributed by atoms with Gasteiger partial charge in [-0.1, -0.05) is 6.92 Å². The van der Waals surface area contributed by atoms with Gasteiger partial charge in [0, 0.05) is 32.2 Å². The summed E-state index contributed by atoms with van der Waals surface area (Å²) in [6.45, 7) is 4.61. The molecule has 1 heterocycles. The molecule has 1 aromatic heterocycles. The van der Waals surface area contributed by atoms with Gasteiger partial charge in [-0.2, -0.15) is 0 Å². The fourth-order valence-electron chi connectivity index (χ4n) is 2.68. The van der Waals surface area contributed by atoms with Crippen LogP contribution >= 0.6 is 11.3 Å². The summed E-state index contributed by atoms with van der Waals surface area (Å²) in [5.74, 6) is 0.837. The van der Waals surface area contributed by atoms with Crippen LogP contribution in [0.25, 0.3) is 0 Å². The monoisotopic (exact) mass is 311 g/mol. The Kier molecular flexibility index (Phi) is 6.21. The van der Waals surface area contributed by atoms with Crippen LogP contribution in [0, 0.1) is 5.92 Å². The fraction of sp³-hybridized carbons (Fsp3) is 0.688. The Morgan fingerprint density at radius 3 is 2.62 bits per heavy atom. The van der Waals surface area contributed by atoms with E-state index in [4.69, 9.17) is 9.47 Å². The van der Waals surface area contributed by atoms with Gasteiger partial charge in [0.05, 0.1) is 18.1 Å². The summed E-state index contributed by atoms with van der Waals surface area (Å²) in [5, 5.41) is 0. The molecule has 0 saturated carbocycles. The molecule has 4 nitrogen and oxygen atoms in total. The summed E-state index contributed by atoms with van der Waals surface area (Å²) in [4.78, 5) is 16.8. The summed E-state index contributed by atoms with van der Waals surface area (Å²) in [7, 11) is 3.31. The van der Waals surface area contributed by atoms with E-state index in [1.54, 1.807) is 25.6 Å². The third-order valence-corrected chi connectivity index (χ3v) is 5.18. The number of hydrogen-bond donors (Lipinski definition) is 0. The van der Waals surface area contributed by atoms with E-state index < -0.39 is 0 Å². The molecule has 0 fully saturated rings. The number of thiophene rings is 1. The zero-order valence-corrected chi connectivity index (χ0v) is 14.0. The predicted octanol–water partition coefficient (Wildman–Crippen LogP) is 2.61. The highest BCUT2D eigenvalue weighted by molar-refractivity contribution is 7.14.